The number of esters is 1. The van der Waals surface area contributed by atoms with Gasteiger partial charge < -0.3 is 14.4 Å². The van der Waals surface area contributed by atoms with E-state index in [1.165, 1.54) is 14.2 Å². The summed E-state index contributed by atoms with van der Waals surface area (Å²) in [5, 5.41) is 2.51. The number of hydrogen-bond donors (Lipinski definition) is 1. The maximum atomic E-state index is 13.6. The first-order chi connectivity index (χ1) is 17.5. The molecule has 1 N–H and O–H groups in total. The zero-order valence-corrected chi connectivity index (χ0v) is 19.7. The number of imidazole rings is 1. The molecule has 1 aliphatic heterocycles. The van der Waals surface area contributed by atoms with Gasteiger partial charge in [0.25, 0.3) is 5.91 Å². The maximum absolute atomic E-state index is 13.6. The van der Waals surface area contributed by atoms with Gasteiger partial charge in [-0.2, -0.15) is 0 Å². The summed E-state index contributed by atoms with van der Waals surface area (Å²) in [6.07, 6.45) is 6.11. The molecule has 1 aromatic carbocycles. The minimum atomic E-state index is -0.605. The van der Waals surface area contributed by atoms with Crippen LogP contribution in [0.2, 0.25) is 0 Å². The van der Waals surface area contributed by atoms with Crippen LogP contribution in [0.25, 0.3) is 16.9 Å². The Bertz CT molecular complexity index is 1480. The predicted molar refractivity (Wildman–Crippen MR) is 132 cm³/mol. The number of ether oxygens (including phenoxy) is 2. The number of benzene rings is 1. The van der Waals surface area contributed by atoms with Crippen LogP contribution in [0.3, 0.4) is 0 Å². The Hall–Kier alpha value is -4.73. The van der Waals surface area contributed by atoms with E-state index in [0.717, 1.165) is 35.3 Å². The number of pyridine rings is 2. The normalized spacial score (nSPS) is 12.7. The van der Waals surface area contributed by atoms with Crippen LogP contribution in [0.1, 0.15) is 32.7 Å². The molecule has 36 heavy (non-hydrogen) atoms. The molecular formula is C26H23N5O5. The molecule has 0 unspecified atom stereocenters. The number of anilines is 2. The Labute approximate surface area is 206 Å². The van der Waals surface area contributed by atoms with E-state index < -0.39 is 12.1 Å². The first-order valence-corrected chi connectivity index (χ1v) is 11.3. The van der Waals surface area contributed by atoms with E-state index >= 15 is 0 Å². The van der Waals surface area contributed by atoms with E-state index in [-0.39, 0.29) is 5.91 Å². The van der Waals surface area contributed by atoms with Crippen molar-refractivity contribution in [2.75, 3.05) is 31.0 Å². The average molecular weight is 486 g/mol. The lowest BCUT2D eigenvalue weighted by Gasteiger charge is -2.30. The number of carbonyl (C=O) groups excluding carboxylic acids is 3. The molecule has 0 spiro atoms. The van der Waals surface area contributed by atoms with Crippen molar-refractivity contribution in [2.24, 2.45) is 0 Å². The molecule has 0 bridgehead atoms. The molecule has 2 amide bonds. The summed E-state index contributed by atoms with van der Waals surface area (Å²) >= 11 is 0. The van der Waals surface area contributed by atoms with Crippen LogP contribution in [0.5, 0.6) is 0 Å². The van der Waals surface area contributed by atoms with E-state index in [1.54, 1.807) is 59.9 Å². The molecule has 0 radical (unpaired) electrons. The zero-order chi connectivity index (χ0) is 25.2. The molecule has 0 fully saturated rings. The summed E-state index contributed by atoms with van der Waals surface area (Å²) in [5.41, 5.74) is 4.79. The third kappa shape index (κ3) is 4.24. The number of carbonyl (C=O) groups is 3. The number of rotatable bonds is 4. The van der Waals surface area contributed by atoms with E-state index in [9.17, 15) is 14.4 Å². The Morgan fingerprint density at radius 2 is 1.78 bits per heavy atom. The lowest BCUT2D eigenvalue weighted by Crippen LogP contribution is -2.35. The Morgan fingerprint density at radius 1 is 0.944 bits per heavy atom. The van der Waals surface area contributed by atoms with Crippen molar-refractivity contribution < 1.29 is 23.9 Å². The van der Waals surface area contributed by atoms with Gasteiger partial charge in [0.05, 0.1) is 37.2 Å². The van der Waals surface area contributed by atoms with Crippen LogP contribution < -0.4 is 10.2 Å². The van der Waals surface area contributed by atoms with Crippen molar-refractivity contribution in [1.29, 1.82) is 0 Å². The highest BCUT2D eigenvalue weighted by Gasteiger charge is 2.25. The topological polar surface area (TPSA) is 115 Å². The van der Waals surface area contributed by atoms with Crippen LogP contribution in [0.15, 0.2) is 61.1 Å². The molecule has 0 saturated carbocycles. The highest BCUT2D eigenvalue weighted by atomic mass is 16.5. The SMILES string of the molecule is COC(=O)Nc1ccc(-c2cnc3ccc(C(=O)N4CCCc5ccc(C(=O)OC)cc54)cn23)cn1. The standard InChI is InChI=1S/C26H23N5O5/c1-35-25(33)17-6-5-16-4-3-11-30(20(16)12-17)24(32)19-8-10-23-28-14-21(31(23)15-19)18-7-9-22(27-13-18)29-26(34)36-2/h5-10,12-15H,3-4,11H2,1-2H3,(H,27,29,34). The lowest BCUT2D eigenvalue weighted by atomic mass is 9.98. The van der Waals surface area contributed by atoms with Gasteiger partial charge in [-0.05, 0) is 54.8 Å². The summed E-state index contributed by atoms with van der Waals surface area (Å²) in [7, 11) is 2.61. The Balaban J connectivity index is 1.47. The third-order valence-corrected chi connectivity index (χ3v) is 6.10. The largest absolute Gasteiger partial charge is 0.465 e. The number of aromatic nitrogens is 3. The number of aryl methyl sites for hydroxylation is 1. The van der Waals surface area contributed by atoms with Gasteiger partial charge >= 0.3 is 12.1 Å². The number of fused-ring (bicyclic) bond motifs is 2. The molecular weight excluding hydrogens is 462 g/mol. The molecule has 10 nitrogen and oxygen atoms in total. The van der Waals surface area contributed by atoms with Crippen molar-refractivity contribution in [2.45, 2.75) is 12.8 Å². The van der Waals surface area contributed by atoms with Gasteiger partial charge in [0, 0.05) is 30.2 Å². The fourth-order valence-electron chi connectivity index (χ4n) is 4.28. The molecule has 1 aliphatic rings. The van der Waals surface area contributed by atoms with Crippen LogP contribution in [-0.2, 0) is 15.9 Å². The van der Waals surface area contributed by atoms with Crippen LogP contribution in [-0.4, -0.2) is 53.1 Å². The number of methoxy groups -OCH3 is 2. The lowest BCUT2D eigenvalue weighted by molar-refractivity contribution is 0.0600. The fraction of sp³-hybridized carbons (Fsp3) is 0.192. The number of hydrogen-bond acceptors (Lipinski definition) is 7. The second-order valence-corrected chi connectivity index (χ2v) is 8.23. The molecule has 10 heteroatoms. The monoisotopic (exact) mass is 485 g/mol. The van der Waals surface area contributed by atoms with Gasteiger partial charge in [-0.15, -0.1) is 0 Å². The van der Waals surface area contributed by atoms with Crippen LogP contribution >= 0.6 is 0 Å². The van der Waals surface area contributed by atoms with E-state index in [1.807, 2.05) is 10.5 Å². The van der Waals surface area contributed by atoms with E-state index in [2.05, 4.69) is 20.0 Å². The summed E-state index contributed by atoms with van der Waals surface area (Å²) in [4.78, 5) is 47.5. The van der Waals surface area contributed by atoms with Crippen molar-refractivity contribution in [3.63, 3.8) is 0 Å². The number of nitrogens with one attached hydrogen (secondary N) is 1. The highest BCUT2D eigenvalue weighted by molar-refractivity contribution is 6.07. The fourth-order valence-corrected chi connectivity index (χ4v) is 4.28. The molecule has 0 saturated heterocycles. The first kappa shape index (κ1) is 23.0. The number of amides is 2. The molecule has 5 rings (SSSR count). The smallest absolute Gasteiger partial charge is 0.412 e. The minimum Gasteiger partial charge on any atom is -0.465 e. The first-order valence-electron chi connectivity index (χ1n) is 11.3. The quantitative estimate of drug-likeness (QED) is 0.435. The highest BCUT2D eigenvalue weighted by Crippen LogP contribution is 2.30. The van der Waals surface area contributed by atoms with E-state index in [4.69, 9.17) is 4.74 Å². The van der Waals surface area contributed by atoms with Gasteiger partial charge in [-0.3, -0.25) is 14.5 Å². The summed E-state index contributed by atoms with van der Waals surface area (Å²) < 4.78 is 11.3. The van der Waals surface area contributed by atoms with Crippen molar-refractivity contribution >= 4 is 35.1 Å². The maximum Gasteiger partial charge on any atom is 0.412 e. The summed E-state index contributed by atoms with van der Waals surface area (Å²) in [6, 6.07) is 12.3. The van der Waals surface area contributed by atoms with Crippen LogP contribution in [0, 0.1) is 0 Å². The second kappa shape index (κ2) is 9.49. The van der Waals surface area contributed by atoms with Gasteiger partial charge in [-0.1, -0.05) is 6.07 Å². The summed E-state index contributed by atoms with van der Waals surface area (Å²) in [5.74, 6) is -0.262. The molecule has 0 aliphatic carbocycles. The van der Waals surface area contributed by atoms with Crippen LogP contribution in [0.4, 0.5) is 16.3 Å². The van der Waals surface area contributed by atoms with Gasteiger partial charge in [0.15, 0.2) is 0 Å². The van der Waals surface area contributed by atoms with Gasteiger partial charge in [0.2, 0.25) is 0 Å². The molecule has 4 aromatic rings. The molecule has 4 heterocycles. The minimum absolute atomic E-state index is 0.171. The third-order valence-electron chi connectivity index (χ3n) is 6.10. The summed E-state index contributed by atoms with van der Waals surface area (Å²) in [6.45, 7) is 0.545. The van der Waals surface area contributed by atoms with E-state index in [0.29, 0.717) is 29.1 Å². The molecule has 182 valence electrons. The van der Waals surface area contributed by atoms with Crippen molar-refractivity contribution in [3.05, 3.63) is 77.7 Å². The molecule has 0 atom stereocenters. The van der Waals surface area contributed by atoms with Gasteiger partial charge in [-0.25, -0.2) is 19.6 Å². The zero-order valence-electron chi connectivity index (χ0n) is 19.7. The molecule has 3 aromatic heterocycles. The Morgan fingerprint density at radius 3 is 2.53 bits per heavy atom. The van der Waals surface area contributed by atoms with Gasteiger partial charge in [0.1, 0.15) is 11.5 Å². The van der Waals surface area contributed by atoms with Crippen molar-refractivity contribution in [3.8, 4) is 11.3 Å². The van der Waals surface area contributed by atoms with Crippen molar-refractivity contribution in [1.82, 2.24) is 14.4 Å². The Kier molecular flexibility index (Phi) is 6.07. The number of nitrogens with zero attached hydrogens (tertiary/aromatic N) is 4. The average Bonchev–Trinajstić information content (AvgIpc) is 3.35. The predicted octanol–water partition coefficient (Wildman–Crippen LogP) is 3.95. The second-order valence-electron chi connectivity index (χ2n) is 8.23.